The molecule has 1 heterocycles. The summed E-state index contributed by atoms with van der Waals surface area (Å²) < 4.78 is 18.3. The molecule has 0 spiro atoms. The first-order valence-corrected chi connectivity index (χ1v) is 10.1. The predicted molar refractivity (Wildman–Crippen MR) is 135 cm³/mol. The minimum Gasteiger partial charge on any atom is -0.496 e. The molecule has 2 aromatic rings. The smallest absolute Gasteiger partial charge is 0.194 e. The van der Waals surface area contributed by atoms with Gasteiger partial charge >= 0.3 is 0 Å². The molecular weight excluding hydrogens is 509 g/mol. The molecule has 0 aliphatic rings. The highest BCUT2D eigenvalue weighted by Crippen LogP contribution is 2.34. The number of aliphatic imine (C=N–C) groups is 1. The van der Waals surface area contributed by atoms with Gasteiger partial charge in [0.25, 0.3) is 0 Å². The second kappa shape index (κ2) is 12.6. The van der Waals surface area contributed by atoms with Crippen LogP contribution in [0.15, 0.2) is 23.3 Å². The van der Waals surface area contributed by atoms with Crippen LogP contribution in [0.4, 0.5) is 0 Å². The molecule has 174 valence electrons. The van der Waals surface area contributed by atoms with Crippen LogP contribution in [-0.4, -0.2) is 55.6 Å². The molecule has 31 heavy (non-hydrogen) atoms. The second-order valence-corrected chi connectivity index (χ2v) is 7.40. The van der Waals surface area contributed by atoms with E-state index in [0.717, 1.165) is 23.8 Å². The summed E-state index contributed by atoms with van der Waals surface area (Å²) in [6.07, 6.45) is 2.07. The Morgan fingerprint density at radius 2 is 1.77 bits per heavy atom. The van der Waals surface area contributed by atoms with Crippen LogP contribution in [0.5, 0.6) is 17.2 Å². The van der Waals surface area contributed by atoms with E-state index in [-0.39, 0.29) is 24.0 Å². The fourth-order valence-corrected chi connectivity index (χ4v) is 3.35. The molecule has 0 atom stereocenters. The number of guanidine groups is 1. The number of benzene rings is 1. The molecule has 1 aromatic carbocycles. The monoisotopic (exact) mass is 545 g/mol. The van der Waals surface area contributed by atoms with Gasteiger partial charge in [0.1, 0.15) is 17.2 Å². The van der Waals surface area contributed by atoms with Crippen molar-refractivity contribution in [3.05, 3.63) is 35.2 Å². The van der Waals surface area contributed by atoms with E-state index in [1.807, 2.05) is 30.9 Å². The normalized spacial score (nSPS) is 11.2. The van der Waals surface area contributed by atoms with E-state index in [9.17, 15) is 0 Å². The molecule has 0 bridgehead atoms. The Balaban J connectivity index is 0.00000480. The molecule has 2 rings (SSSR count). The molecule has 0 fully saturated rings. The van der Waals surface area contributed by atoms with E-state index in [2.05, 4.69) is 42.3 Å². The highest BCUT2D eigenvalue weighted by atomic mass is 127. The van der Waals surface area contributed by atoms with Crippen LogP contribution in [-0.2, 0) is 20.1 Å². The zero-order valence-corrected chi connectivity index (χ0v) is 22.2. The SMILES string of the molecule is CCNC(=NCc1c(OC)cc(OC)cc1OC)N(C)Cc1cn(C)nc1C(C)C.I. The molecule has 0 saturated heterocycles. The number of nitrogens with one attached hydrogen (secondary N) is 1. The van der Waals surface area contributed by atoms with Gasteiger partial charge in [0.15, 0.2) is 5.96 Å². The van der Waals surface area contributed by atoms with Crippen molar-refractivity contribution in [3.8, 4) is 17.2 Å². The quantitative estimate of drug-likeness (QED) is 0.294. The first kappa shape index (κ1) is 26.9. The number of rotatable bonds is 9. The van der Waals surface area contributed by atoms with Gasteiger partial charge < -0.3 is 24.4 Å². The molecular formula is C22H36IN5O3. The van der Waals surface area contributed by atoms with Gasteiger partial charge in [-0.25, -0.2) is 4.99 Å². The van der Waals surface area contributed by atoms with E-state index in [0.29, 0.717) is 36.3 Å². The number of aryl methyl sites for hydroxylation is 1. The predicted octanol–water partition coefficient (Wildman–Crippen LogP) is 3.78. The van der Waals surface area contributed by atoms with Crippen LogP contribution in [0, 0.1) is 0 Å². The maximum atomic E-state index is 5.55. The Morgan fingerprint density at radius 1 is 1.16 bits per heavy atom. The molecule has 0 saturated carbocycles. The highest BCUT2D eigenvalue weighted by Gasteiger charge is 2.17. The summed E-state index contributed by atoms with van der Waals surface area (Å²) in [5, 5.41) is 7.98. The van der Waals surface area contributed by atoms with Gasteiger partial charge in [0, 0.05) is 51.1 Å². The minimum absolute atomic E-state index is 0. The first-order chi connectivity index (χ1) is 14.3. The van der Waals surface area contributed by atoms with Crippen LogP contribution in [0.25, 0.3) is 0 Å². The Morgan fingerprint density at radius 3 is 2.26 bits per heavy atom. The average molecular weight is 545 g/mol. The molecule has 1 aromatic heterocycles. The number of methoxy groups -OCH3 is 3. The largest absolute Gasteiger partial charge is 0.496 e. The molecule has 0 amide bonds. The maximum absolute atomic E-state index is 5.55. The molecule has 0 aliphatic heterocycles. The topological polar surface area (TPSA) is 73.1 Å². The number of hydrogen-bond donors (Lipinski definition) is 1. The fourth-order valence-electron chi connectivity index (χ4n) is 3.35. The zero-order chi connectivity index (χ0) is 22.3. The van der Waals surface area contributed by atoms with Crippen molar-refractivity contribution < 1.29 is 14.2 Å². The minimum atomic E-state index is 0. The summed E-state index contributed by atoms with van der Waals surface area (Å²) in [5.41, 5.74) is 3.17. The number of aromatic nitrogens is 2. The van der Waals surface area contributed by atoms with Crippen molar-refractivity contribution in [2.75, 3.05) is 34.9 Å². The summed E-state index contributed by atoms with van der Waals surface area (Å²) in [4.78, 5) is 6.94. The third-order valence-electron chi connectivity index (χ3n) is 4.79. The van der Waals surface area contributed by atoms with Crippen LogP contribution in [0.1, 0.15) is 43.5 Å². The molecule has 8 nitrogen and oxygen atoms in total. The summed E-state index contributed by atoms with van der Waals surface area (Å²) in [6, 6.07) is 3.68. The van der Waals surface area contributed by atoms with Crippen LogP contribution in [0.3, 0.4) is 0 Å². The van der Waals surface area contributed by atoms with Gasteiger partial charge in [-0.2, -0.15) is 5.10 Å². The van der Waals surface area contributed by atoms with E-state index >= 15 is 0 Å². The lowest BCUT2D eigenvalue weighted by Crippen LogP contribution is -2.38. The number of nitrogens with zero attached hydrogens (tertiary/aromatic N) is 4. The average Bonchev–Trinajstić information content (AvgIpc) is 3.10. The van der Waals surface area contributed by atoms with E-state index in [1.54, 1.807) is 21.3 Å². The van der Waals surface area contributed by atoms with Crippen molar-refractivity contribution in [2.45, 2.75) is 39.8 Å². The molecule has 0 radical (unpaired) electrons. The molecule has 9 heteroatoms. The van der Waals surface area contributed by atoms with Gasteiger partial charge in [-0.1, -0.05) is 13.8 Å². The summed E-state index contributed by atoms with van der Waals surface area (Å²) in [6.45, 7) is 8.27. The van der Waals surface area contributed by atoms with E-state index < -0.39 is 0 Å². The number of halogens is 1. The van der Waals surface area contributed by atoms with Crippen LogP contribution >= 0.6 is 24.0 Å². The van der Waals surface area contributed by atoms with Gasteiger partial charge in [-0.05, 0) is 12.8 Å². The Labute approximate surface area is 203 Å². The van der Waals surface area contributed by atoms with Crippen molar-refractivity contribution in [3.63, 3.8) is 0 Å². The summed E-state index contributed by atoms with van der Waals surface area (Å²) in [5.74, 6) is 3.21. The number of ether oxygens (including phenoxy) is 3. The van der Waals surface area contributed by atoms with Crippen molar-refractivity contribution in [1.82, 2.24) is 20.0 Å². The standard InChI is InChI=1S/C22H35N5O3.HI/c1-9-23-22(26(4)13-16-14-27(5)25-21(16)15(2)3)24-12-18-19(29-7)10-17(28-6)11-20(18)30-8;/h10-11,14-15H,9,12-13H2,1-8H3,(H,23,24);1H. The van der Waals surface area contributed by atoms with Crippen molar-refractivity contribution in [1.29, 1.82) is 0 Å². The maximum Gasteiger partial charge on any atom is 0.194 e. The summed E-state index contributed by atoms with van der Waals surface area (Å²) in [7, 11) is 8.87. The second-order valence-electron chi connectivity index (χ2n) is 7.40. The Kier molecular flexibility index (Phi) is 10.9. The molecule has 0 unspecified atom stereocenters. The molecule has 0 aliphatic carbocycles. The molecule has 1 N–H and O–H groups in total. The van der Waals surface area contributed by atoms with Gasteiger partial charge in [0.2, 0.25) is 0 Å². The third kappa shape index (κ3) is 6.91. The third-order valence-corrected chi connectivity index (χ3v) is 4.79. The van der Waals surface area contributed by atoms with Gasteiger partial charge in [0.05, 0.1) is 39.1 Å². The first-order valence-electron chi connectivity index (χ1n) is 10.1. The summed E-state index contributed by atoms with van der Waals surface area (Å²) >= 11 is 0. The number of hydrogen-bond acceptors (Lipinski definition) is 5. The van der Waals surface area contributed by atoms with E-state index in [1.165, 1.54) is 5.56 Å². The lowest BCUT2D eigenvalue weighted by molar-refractivity contribution is 0.368. The van der Waals surface area contributed by atoms with Gasteiger partial charge in [-0.15, -0.1) is 24.0 Å². The van der Waals surface area contributed by atoms with Crippen LogP contribution < -0.4 is 19.5 Å². The Bertz CT molecular complexity index is 842. The van der Waals surface area contributed by atoms with E-state index in [4.69, 9.17) is 19.2 Å². The van der Waals surface area contributed by atoms with Crippen molar-refractivity contribution >= 4 is 29.9 Å². The zero-order valence-electron chi connectivity index (χ0n) is 19.9. The highest BCUT2D eigenvalue weighted by molar-refractivity contribution is 14.0. The van der Waals surface area contributed by atoms with Crippen LogP contribution in [0.2, 0.25) is 0 Å². The Hall–Kier alpha value is -2.17. The lowest BCUT2D eigenvalue weighted by Gasteiger charge is -2.23. The fraction of sp³-hybridized carbons (Fsp3) is 0.545. The van der Waals surface area contributed by atoms with Crippen molar-refractivity contribution in [2.24, 2.45) is 12.0 Å². The van der Waals surface area contributed by atoms with Gasteiger partial charge in [-0.3, -0.25) is 4.68 Å². The lowest BCUT2D eigenvalue weighted by atomic mass is 10.1.